The molecule has 0 N–H and O–H groups in total. The van der Waals surface area contributed by atoms with Gasteiger partial charge in [0.2, 0.25) is 5.91 Å². The Morgan fingerprint density at radius 3 is 2.75 bits per heavy atom. The van der Waals surface area contributed by atoms with Crippen molar-refractivity contribution in [3.63, 3.8) is 0 Å². The summed E-state index contributed by atoms with van der Waals surface area (Å²) in [5.41, 5.74) is 2.23. The van der Waals surface area contributed by atoms with Crippen LogP contribution < -0.4 is 0 Å². The van der Waals surface area contributed by atoms with Crippen molar-refractivity contribution in [2.45, 2.75) is 45.2 Å². The van der Waals surface area contributed by atoms with E-state index in [1.165, 1.54) is 31.2 Å². The molecule has 1 fully saturated rings. The van der Waals surface area contributed by atoms with Crippen molar-refractivity contribution in [3.05, 3.63) is 30.1 Å². The predicted molar refractivity (Wildman–Crippen MR) is 79.4 cm³/mol. The maximum Gasteiger partial charge on any atom is 0.219 e. The first kappa shape index (κ1) is 13.2. The third kappa shape index (κ3) is 2.30. The molecule has 0 aliphatic heterocycles. The number of nitrogens with zero attached hydrogens (tertiary/aromatic N) is 3. The van der Waals surface area contributed by atoms with E-state index in [-0.39, 0.29) is 5.91 Å². The number of rotatable bonds is 3. The van der Waals surface area contributed by atoms with Gasteiger partial charge in [-0.25, -0.2) is 4.98 Å². The number of aromatic nitrogens is 2. The minimum Gasteiger partial charge on any atom is -0.339 e. The van der Waals surface area contributed by atoms with E-state index in [0.29, 0.717) is 12.6 Å². The van der Waals surface area contributed by atoms with Gasteiger partial charge in [-0.1, -0.05) is 25.0 Å². The number of hydrogen-bond acceptors (Lipinski definition) is 2. The Labute approximate surface area is 119 Å². The predicted octanol–water partition coefficient (Wildman–Crippen LogP) is 3.13. The number of para-hydroxylation sites is 2. The summed E-state index contributed by atoms with van der Waals surface area (Å²) in [5.74, 6) is 1.09. The third-order valence-electron chi connectivity index (χ3n) is 4.27. The Hall–Kier alpha value is -1.84. The zero-order valence-corrected chi connectivity index (χ0v) is 12.2. The third-order valence-corrected chi connectivity index (χ3v) is 4.27. The van der Waals surface area contributed by atoms with Crippen LogP contribution in [0.15, 0.2) is 24.3 Å². The normalized spacial score (nSPS) is 15.9. The largest absolute Gasteiger partial charge is 0.339 e. The highest BCUT2D eigenvalue weighted by Crippen LogP contribution is 2.33. The van der Waals surface area contributed by atoms with Gasteiger partial charge in [-0.15, -0.1) is 0 Å². The number of benzene rings is 1. The number of carbonyl (C=O) groups excluding carboxylic acids is 1. The molecule has 1 aliphatic rings. The molecule has 1 aliphatic carbocycles. The van der Waals surface area contributed by atoms with Crippen LogP contribution in [0.25, 0.3) is 11.0 Å². The molecule has 0 spiro atoms. The van der Waals surface area contributed by atoms with Crippen LogP contribution in [0.4, 0.5) is 0 Å². The second-order valence-corrected chi connectivity index (χ2v) is 5.70. The van der Waals surface area contributed by atoms with Crippen molar-refractivity contribution in [2.24, 2.45) is 0 Å². The molecule has 2 aromatic rings. The van der Waals surface area contributed by atoms with Crippen LogP contribution in [-0.2, 0) is 11.3 Å². The highest BCUT2D eigenvalue weighted by Gasteiger charge is 2.23. The lowest BCUT2D eigenvalue weighted by atomic mass is 10.2. The summed E-state index contributed by atoms with van der Waals surface area (Å²) < 4.78 is 2.36. The highest BCUT2D eigenvalue weighted by molar-refractivity contribution is 5.76. The minimum atomic E-state index is 0.0787. The fourth-order valence-corrected chi connectivity index (χ4v) is 3.10. The molecule has 106 valence electrons. The van der Waals surface area contributed by atoms with E-state index in [0.717, 1.165) is 11.3 Å². The lowest BCUT2D eigenvalue weighted by Gasteiger charge is -2.20. The van der Waals surface area contributed by atoms with E-state index < -0.39 is 0 Å². The van der Waals surface area contributed by atoms with Gasteiger partial charge >= 0.3 is 0 Å². The molecule has 4 nitrogen and oxygen atoms in total. The molecule has 0 radical (unpaired) electrons. The van der Waals surface area contributed by atoms with Crippen molar-refractivity contribution >= 4 is 16.9 Å². The number of hydrogen-bond donors (Lipinski definition) is 0. The molecular weight excluding hydrogens is 250 g/mol. The van der Waals surface area contributed by atoms with Crippen molar-refractivity contribution in [1.29, 1.82) is 0 Å². The van der Waals surface area contributed by atoms with E-state index in [1.807, 2.05) is 13.1 Å². The summed E-state index contributed by atoms with van der Waals surface area (Å²) >= 11 is 0. The summed E-state index contributed by atoms with van der Waals surface area (Å²) in [5, 5.41) is 0. The molecule has 1 amide bonds. The highest BCUT2D eigenvalue weighted by atomic mass is 16.2. The molecule has 0 saturated heterocycles. The van der Waals surface area contributed by atoms with E-state index in [4.69, 9.17) is 4.98 Å². The summed E-state index contributed by atoms with van der Waals surface area (Å²) in [6.45, 7) is 2.18. The van der Waals surface area contributed by atoms with Crippen LogP contribution in [0, 0.1) is 0 Å². The second kappa shape index (κ2) is 5.27. The summed E-state index contributed by atoms with van der Waals surface area (Å²) in [6.07, 6.45) is 5.02. The van der Waals surface area contributed by atoms with Gasteiger partial charge in [0.15, 0.2) is 0 Å². The first-order valence-corrected chi connectivity index (χ1v) is 7.34. The smallest absolute Gasteiger partial charge is 0.219 e. The quantitative estimate of drug-likeness (QED) is 0.860. The SMILES string of the molecule is CC(=O)N(C)Cc1nc2ccccc2n1C1CCCC1. The van der Waals surface area contributed by atoms with E-state index in [2.05, 4.69) is 22.8 Å². The van der Waals surface area contributed by atoms with Crippen LogP contribution in [0.2, 0.25) is 0 Å². The molecule has 3 rings (SSSR count). The molecular formula is C16H21N3O. The average molecular weight is 271 g/mol. The Morgan fingerprint density at radius 2 is 2.05 bits per heavy atom. The molecule has 0 unspecified atom stereocenters. The maximum atomic E-state index is 11.5. The fraction of sp³-hybridized carbons (Fsp3) is 0.500. The van der Waals surface area contributed by atoms with Crippen LogP contribution in [0.5, 0.6) is 0 Å². The molecule has 1 saturated carbocycles. The van der Waals surface area contributed by atoms with Crippen molar-refractivity contribution < 1.29 is 4.79 Å². The fourth-order valence-electron chi connectivity index (χ4n) is 3.10. The van der Waals surface area contributed by atoms with Crippen LogP contribution in [0.3, 0.4) is 0 Å². The number of fused-ring (bicyclic) bond motifs is 1. The van der Waals surface area contributed by atoms with Crippen molar-refractivity contribution in [2.75, 3.05) is 7.05 Å². The molecule has 0 bridgehead atoms. The van der Waals surface area contributed by atoms with Crippen LogP contribution in [-0.4, -0.2) is 27.4 Å². The number of imidazole rings is 1. The molecule has 4 heteroatoms. The van der Waals surface area contributed by atoms with Crippen LogP contribution in [0.1, 0.15) is 44.5 Å². The first-order chi connectivity index (χ1) is 9.66. The van der Waals surface area contributed by atoms with Gasteiger partial charge in [0.25, 0.3) is 0 Å². The zero-order chi connectivity index (χ0) is 14.1. The topological polar surface area (TPSA) is 38.1 Å². The lowest BCUT2D eigenvalue weighted by Crippen LogP contribution is -2.25. The lowest BCUT2D eigenvalue weighted by molar-refractivity contribution is -0.128. The van der Waals surface area contributed by atoms with Crippen LogP contribution >= 0.6 is 0 Å². The molecule has 20 heavy (non-hydrogen) atoms. The molecule has 1 aromatic heterocycles. The standard InChI is InChI=1S/C16H21N3O/c1-12(20)18(2)11-16-17-14-9-5-6-10-15(14)19(16)13-7-3-4-8-13/h5-6,9-10,13H,3-4,7-8,11H2,1-2H3. The Kier molecular flexibility index (Phi) is 3.47. The van der Waals surface area contributed by atoms with Gasteiger partial charge in [0.1, 0.15) is 5.82 Å². The molecule has 1 heterocycles. The second-order valence-electron chi connectivity index (χ2n) is 5.70. The van der Waals surface area contributed by atoms with Gasteiger partial charge in [0, 0.05) is 20.0 Å². The molecule has 1 aromatic carbocycles. The number of carbonyl (C=O) groups is 1. The summed E-state index contributed by atoms with van der Waals surface area (Å²) in [4.78, 5) is 18.0. The summed E-state index contributed by atoms with van der Waals surface area (Å²) in [7, 11) is 1.83. The average Bonchev–Trinajstić information content (AvgIpc) is 3.04. The Bertz CT molecular complexity index is 626. The van der Waals surface area contributed by atoms with E-state index >= 15 is 0 Å². The van der Waals surface area contributed by atoms with E-state index in [1.54, 1.807) is 11.8 Å². The Balaban J connectivity index is 2.05. The van der Waals surface area contributed by atoms with Crippen molar-refractivity contribution in [1.82, 2.24) is 14.5 Å². The first-order valence-electron chi connectivity index (χ1n) is 7.34. The van der Waals surface area contributed by atoms with E-state index in [9.17, 15) is 4.79 Å². The van der Waals surface area contributed by atoms with Gasteiger partial charge in [0.05, 0.1) is 17.6 Å². The zero-order valence-electron chi connectivity index (χ0n) is 12.2. The van der Waals surface area contributed by atoms with Gasteiger partial charge in [-0.2, -0.15) is 0 Å². The van der Waals surface area contributed by atoms with Gasteiger partial charge in [-0.3, -0.25) is 4.79 Å². The molecule has 0 atom stereocenters. The Morgan fingerprint density at radius 1 is 1.35 bits per heavy atom. The summed E-state index contributed by atoms with van der Waals surface area (Å²) in [6, 6.07) is 8.81. The minimum absolute atomic E-state index is 0.0787. The maximum absolute atomic E-state index is 11.5. The monoisotopic (exact) mass is 271 g/mol. The van der Waals surface area contributed by atoms with Crippen molar-refractivity contribution in [3.8, 4) is 0 Å². The van der Waals surface area contributed by atoms with Gasteiger partial charge < -0.3 is 9.47 Å². The number of amides is 1. The van der Waals surface area contributed by atoms with Gasteiger partial charge in [-0.05, 0) is 25.0 Å².